The van der Waals surface area contributed by atoms with E-state index in [2.05, 4.69) is 56.1 Å². The second-order valence-electron chi connectivity index (χ2n) is 6.56. The lowest BCUT2D eigenvalue weighted by atomic mass is 9.92. The van der Waals surface area contributed by atoms with Crippen LogP contribution in [0.4, 0.5) is 5.82 Å². The molecule has 2 aromatic heterocycles. The van der Waals surface area contributed by atoms with Crippen molar-refractivity contribution in [1.82, 2.24) is 14.6 Å². The van der Waals surface area contributed by atoms with Crippen LogP contribution in [0.1, 0.15) is 40.3 Å². The molecule has 0 aliphatic rings. The fourth-order valence-corrected chi connectivity index (χ4v) is 2.00. The Hall–Kier alpha value is -1.62. The molecule has 0 radical (unpaired) electrons. The molecule has 0 amide bonds. The van der Waals surface area contributed by atoms with Crippen molar-refractivity contribution in [3.8, 4) is 0 Å². The third-order valence-electron chi connectivity index (χ3n) is 3.48. The van der Waals surface area contributed by atoms with Crippen LogP contribution < -0.4 is 5.32 Å². The molecule has 110 valence electrons. The second kappa shape index (κ2) is 5.40. The largest absolute Gasteiger partial charge is 0.394 e. The van der Waals surface area contributed by atoms with Crippen LogP contribution in [0.15, 0.2) is 18.5 Å². The van der Waals surface area contributed by atoms with Crippen molar-refractivity contribution in [1.29, 1.82) is 0 Å². The minimum atomic E-state index is -0.0123. The Morgan fingerprint density at radius 3 is 2.60 bits per heavy atom. The smallest absolute Gasteiger partial charge is 0.152 e. The SMILES string of the molecule is CC(C)[C@@H](CO)Nc1nccn2nc(C(C)(C)C)cc12. The zero-order valence-corrected chi connectivity index (χ0v) is 12.9. The summed E-state index contributed by atoms with van der Waals surface area (Å²) < 4.78 is 1.84. The van der Waals surface area contributed by atoms with E-state index >= 15 is 0 Å². The molecule has 0 aliphatic heterocycles. The topological polar surface area (TPSA) is 62.5 Å². The Labute approximate surface area is 120 Å². The molecule has 1 atom stereocenters. The van der Waals surface area contributed by atoms with Gasteiger partial charge in [-0.25, -0.2) is 9.50 Å². The summed E-state index contributed by atoms with van der Waals surface area (Å²) in [5, 5.41) is 17.4. The molecule has 0 saturated carbocycles. The molecule has 0 fully saturated rings. The summed E-state index contributed by atoms with van der Waals surface area (Å²) in [5.41, 5.74) is 1.97. The number of nitrogens with zero attached hydrogens (tertiary/aromatic N) is 3. The molecular formula is C15H24N4O. The summed E-state index contributed by atoms with van der Waals surface area (Å²) in [6.45, 7) is 10.6. The van der Waals surface area contributed by atoms with Crippen LogP contribution in [0.5, 0.6) is 0 Å². The number of aromatic nitrogens is 3. The monoisotopic (exact) mass is 276 g/mol. The third kappa shape index (κ3) is 2.93. The van der Waals surface area contributed by atoms with Crippen molar-refractivity contribution in [2.24, 2.45) is 5.92 Å². The van der Waals surface area contributed by atoms with E-state index in [1.165, 1.54) is 0 Å². The molecule has 0 unspecified atom stereocenters. The Bertz CT molecular complexity index is 583. The summed E-state index contributed by atoms with van der Waals surface area (Å²) in [4.78, 5) is 4.39. The van der Waals surface area contributed by atoms with Gasteiger partial charge in [0, 0.05) is 17.8 Å². The molecule has 5 nitrogen and oxygen atoms in total. The Morgan fingerprint density at radius 2 is 2.05 bits per heavy atom. The highest BCUT2D eigenvalue weighted by Crippen LogP contribution is 2.25. The lowest BCUT2D eigenvalue weighted by molar-refractivity contribution is 0.249. The van der Waals surface area contributed by atoms with Gasteiger partial charge in [0.1, 0.15) is 5.52 Å². The predicted molar refractivity (Wildman–Crippen MR) is 81.0 cm³/mol. The first-order valence-electron chi connectivity index (χ1n) is 7.05. The molecule has 0 aliphatic carbocycles. The number of hydrogen-bond acceptors (Lipinski definition) is 4. The van der Waals surface area contributed by atoms with Crippen LogP contribution in [0.2, 0.25) is 0 Å². The van der Waals surface area contributed by atoms with E-state index in [0.717, 1.165) is 17.0 Å². The molecule has 0 spiro atoms. The van der Waals surface area contributed by atoms with Crippen LogP contribution in [0, 0.1) is 5.92 Å². The first-order valence-corrected chi connectivity index (χ1v) is 7.05. The molecule has 2 aromatic rings. The number of hydrogen-bond donors (Lipinski definition) is 2. The quantitative estimate of drug-likeness (QED) is 0.900. The maximum absolute atomic E-state index is 9.45. The number of aliphatic hydroxyl groups is 1. The normalized spacial score (nSPS) is 13.9. The highest BCUT2D eigenvalue weighted by molar-refractivity contribution is 5.68. The molecular weight excluding hydrogens is 252 g/mol. The van der Waals surface area contributed by atoms with Crippen LogP contribution in [-0.2, 0) is 5.41 Å². The summed E-state index contributed by atoms with van der Waals surface area (Å²) in [6.07, 6.45) is 3.57. The average molecular weight is 276 g/mol. The summed E-state index contributed by atoms with van der Waals surface area (Å²) in [7, 11) is 0. The number of anilines is 1. The van der Waals surface area contributed by atoms with E-state index < -0.39 is 0 Å². The van der Waals surface area contributed by atoms with Gasteiger partial charge in [-0.15, -0.1) is 0 Å². The summed E-state index contributed by atoms with van der Waals surface area (Å²) in [6, 6.07) is 2.05. The van der Waals surface area contributed by atoms with Crippen LogP contribution in [0.25, 0.3) is 5.52 Å². The molecule has 20 heavy (non-hydrogen) atoms. The van der Waals surface area contributed by atoms with Gasteiger partial charge in [0.15, 0.2) is 5.82 Å². The first-order chi connectivity index (χ1) is 9.32. The van der Waals surface area contributed by atoms with Gasteiger partial charge in [-0.2, -0.15) is 5.10 Å². The second-order valence-corrected chi connectivity index (χ2v) is 6.56. The van der Waals surface area contributed by atoms with Gasteiger partial charge in [-0.3, -0.25) is 0 Å². The van der Waals surface area contributed by atoms with Crippen molar-refractivity contribution in [3.63, 3.8) is 0 Å². The molecule has 0 aromatic carbocycles. The lowest BCUT2D eigenvalue weighted by Gasteiger charge is -2.20. The van der Waals surface area contributed by atoms with E-state index in [9.17, 15) is 5.11 Å². The zero-order chi connectivity index (χ0) is 14.9. The van der Waals surface area contributed by atoms with Gasteiger partial charge < -0.3 is 10.4 Å². The third-order valence-corrected chi connectivity index (χ3v) is 3.48. The first kappa shape index (κ1) is 14.8. The minimum Gasteiger partial charge on any atom is -0.394 e. The van der Waals surface area contributed by atoms with E-state index in [1.807, 2.05) is 10.7 Å². The van der Waals surface area contributed by atoms with Gasteiger partial charge in [-0.05, 0) is 12.0 Å². The fraction of sp³-hybridized carbons (Fsp3) is 0.600. The van der Waals surface area contributed by atoms with E-state index in [-0.39, 0.29) is 18.1 Å². The number of nitrogens with one attached hydrogen (secondary N) is 1. The molecule has 5 heteroatoms. The fourth-order valence-electron chi connectivity index (χ4n) is 2.00. The van der Waals surface area contributed by atoms with Gasteiger partial charge in [0.2, 0.25) is 0 Å². The van der Waals surface area contributed by atoms with Gasteiger partial charge in [0.05, 0.1) is 18.3 Å². The maximum Gasteiger partial charge on any atom is 0.152 e. The molecule has 0 bridgehead atoms. The van der Waals surface area contributed by atoms with Crippen LogP contribution >= 0.6 is 0 Å². The zero-order valence-electron chi connectivity index (χ0n) is 12.9. The number of fused-ring (bicyclic) bond motifs is 1. The predicted octanol–water partition coefficient (Wildman–Crippen LogP) is 2.46. The average Bonchev–Trinajstić information content (AvgIpc) is 2.79. The molecule has 2 heterocycles. The highest BCUT2D eigenvalue weighted by atomic mass is 16.3. The summed E-state index contributed by atoms with van der Waals surface area (Å²) in [5.74, 6) is 1.09. The summed E-state index contributed by atoms with van der Waals surface area (Å²) >= 11 is 0. The maximum atomic E-state index is 9.45. The van der Waals surface area contributed by atoms with Crippen molar-refractivity contribution in [3.05, 3.63) is 24.2 Å². The van der Waals surface area contributed by atoms with E-state index in [1.54, 1.807) is 6.20 Å². The Balaban J connectivity index is 2.41. The highest BCUT2D eigenvalue weighted by Gasteiger charge is 2.20. The Kier molecular flexibility index (Phi) is 3.99. The molecule has 2 N–H and O–H groups in total. The van der Waals surface area contributed by atoms with Gasteiger partial charge >= 0.3 is 0 Å². The van der Waals surface area contributed by atoms with Crippen molar-refractivity contribution >= 4 is 11.3 Å². The standard InChI is InChI=1S/C15H24N4O/c1-10(2)11(9-20)17-14-12-8-13(15(3,4)5)18-19(12)7-6-16-14/h6-8,10-11,20H,9H2,1-5H3,(H,16,17)/t11-/m1/s1. The molecule has 2 rings (SSSR count). The lowest BCUT2D eigenvalue weighted by Crippen LogP contribution is -2.30. The minimum absolute atomic E-state index is 0.00226. The number of rotatable bonds is 4. The van der Waals surface area contributed by atoms with Crippen molar-refractivity contribution < 1.29 is 5.11 Å². The van der Waals surface area contributed by atoms with Gasteiger partial charge in [-0.1, -0.05) is 34.6 Å². The Morgan fingerprint density at radius 1 is 1.35 bits per heavy atom. The van der Waals surface area contributed by atoms with E-state index in [0.29, 0.717) is 5.92 Å². The van der Waals surface area contributed by atoms with Gasteiger partial charge in [0.25, 0.3) is 0 Å². The number of aliphatic hydroxyl groups excluding tert-OH is 1. The molecule has 0 saturated heterocycles. The van der Waals surface area contributed by atoms with Crippen molar-refractivity contribution in [2.45, 2.75) is 46.1 Å². The van der Waals surface area contributed by atoms with Crippen LogP contribution in [0.3, 0.4) is 0 Å². The van der Waals surface area contributed by atoms with Crippen LogP contribution in [-0.4, -0.2) is 32.4 Å². The van der Waals surface area contributed by atoms with E-state index in [4.69, 9.17) is 0 Å². The van der Waals surface area contributed by atoms with Crippen molar-refractivity contribution in [2.75, 3.05) is 11.9 Å².